The second-order valence-corrected chi connectivity index (χ2v) is 2.61. The Kier molecular flexibility index (Phi) is 2.57. The summed E-state index contributed by atoms with van der Waals surface area (Å²) in [4.78, 5) is 10.3. The molecule has 1 aromatic carbocycles. The first kappa shape index (κ1) is 10.3. The van der Waals surface area contributed by atoms with Gasteiger partial charge < -0.3 is 20.4 Å². The van der Waals surface area contributed by atoms with Crippen LogP contribution in [0.25, 0.3) is 0 Å². The van der Waals surface area contributed by atoms with Crippen LogP contribution in [0.4, 0.5) is 4.39 Å². The molecule has 14 heavy (non-hydrogen) atoms. The standard InChI is InChI=1S/C8H7FO5/c9-4-1-3(6(11)8(13)14)2-5(10)7(4)12/h1-2,6,10-12H,(H,13,14). The molecule has 1 rings (SSSR count). The van der Waals surface area contributed by atoms with E-state index in [1.807, 2.05) is 0 Å². The van der Waals surface area contributed by atoms with Gasteiger partial charge in [-0.15, -0.1) is 0 Å². The molecule has 0 saturated carbocycles. The number of hydrogen-bond donors (Lipinski definition) is 4. The molecule has 1 unspecified atom stereocenters. The van der Waals surface area contributed by atoms with Crippen LogP contribution in [0.5, 0.6) is 11.5 Å². The molecule has 0 bridgehead atoms. The highest BCUT2D eigenvalue weighted by Crippen LogP contribution is 2.31. The molecule has 76 valence electrons. The van der Waals surface area contributed by atoms with E-state index >= 15 is 0 Å². The lowest BCUT2D eigenvalue weighted by Gasteiger charge is -2.07. The van der Waals surface area contributed by atoms with Gasteiger partial charge in [0.1, 0.15) is 0 Å². The molecule has 1 aromatic rings. The van der Waals surface area contributed by atoms with E-state index in [1.165, 1.54) is 0 Å². The molecule has 4 N–H and O–H groups in total. The predicted molar refractivity (Wildman–Crippen MR) is 42.3 cm³/mol. The first-order valence-corrected chi connectivity index (χ1v) is 3.55. The highest BCUT2D eigenvalue weighted by atomic mass is 19.1. The van der Waals surface area contributed by atoms with Crippen LogP contribution < -0.4 is 0 Å². The Balaban J connectivity index is 3.19. The molecule has 0 aliphatic heterocycles. The third-order valence-corrected chi connectivity index (χ3v) is 1.62. The number of rotatable bonds is 2. The lowest BCUT2D eigenvalue weighted by atomic mass is 10.1. The second-order valence-electron chi connectivity index (χ2n) is 2.61. The summed E-state index contributed by atoms with van der Waals surface area (Å²) in [6.45, 7) is 0. The summed E-state index contributed by atoms with van der Waals surface area (Å²) in [5, 5.41) is 35.1. The summed E-state index contributed by atoms with van der Waals surface area (Å²) in [7, 11) is 0. The van der Waals surface area contributed by atoms with Crippen LogP contribution in [0.15, 0.2) is 12.1 Å². The van der Waals surface area contributed by atoms with E-state index < -0.39 is 29.4 Å². The summed E-state index contributed by atoms with van der Waals surface area (Å²) in [5.41, 5.74) is -0.342. The fraction of sp³-hybridized carbons (Fsp3) is 0.125. The van der Waals surface area contributed by atoms with Crippen molar-refractivity contribution in [2.45, 2.75) is 6.10 Å². The van der Waals surface area contributed by atoms with Crippen LogP contribution in [0.1, 0.15) is 11.7 Å². The lowest BCUT2D eigenvalue weighted by molar-refractivity contribution is -0.146. The van der Waals surface area contributed by atoms with Crippen LogP contribution in [0.2, 0.25) is 0 Å². The third kappa shape index (κ3) is 1.74. The zero-order valence-corrected chi connectivity index (χ0v) is 6.81. The van der Waals surface area contributed by atoms with Gasteiger partial charge in [0.05, 0.1) is 0 Å². The monoisotopic (exact) mass is 202 g/mol. The molecule has 0 radical (unpaired) electrons. The van der Waals surface area contributed by atoms with Crippen LogP contribution in [0, 0.1) is 5.82 Å². The Morgan fingerprint density at radius 1 is 1.36 bits per heavy atom. The molecule has 0 saturated heterocycles. The van der Waals surface area contributed by atoms with E-state index in [-0.39, 0.29) is 5.56 Å². The highest BCUT2D eigenvalue weighted by Gasteiger charge is 2.19. The largest absolute Gasteiger partial charge is 0.504 e. The van der Waals surface area contributed by atoms with E-state index in [0.29, 0.717) is 6.07 Å². The lowest BCUT2D eigenvalue weighted by Crippen LogP contribution is -2.10. The van der Waals surface area contributed by atoms with Crippen molar-refractivity contribution in [1.29, 1.82) is 0 Å². The minimum Gasteiger partial charge on any atom is -0.504 e. The maximum Gasteiger partial charge on any atom is 0.337 e. The van der Waals surface area contributed by atoms with Gasteiger partial charge in [0.15, 0.2) is 23.4 Å². The van der Waals surface area contributed by atoms with E-state index in [2.05, 4.69) is 0 Å². The number of phenols is 2. The molecule has 0 aliphatic rings. The number of halogens is 1. The van der Waals surface area contributed by atoms with Gasteiger partial charge in [0, 0.05) is 0 Å². The van der Waals surface area contributed by atoms with Gasteiger partial charge in [0.25, 0.3) is 0 Å². The number of phenolic OH excluding ortho intramolecular Hbond substituents is 2. The summed E-state index contributed by atoms with van der Waals surface area (Å²) < 4.78 is 12.7. The number of aliphatic carboxylic acids is 1. The van der Waals surface area contributed by atoms with Gasteiger partial charge in [-0.2, -0.15) is 0 Å². The van der Waals surface area contributed by atoms with Crippen molar-refractivity contribution in [3.8, 4) is 11.5 Å². The van der Waals surface area contributed by atoms with Gasteiger partial charge in [-0.3, -0.25) is 0 Å². The normalized spacial score (nSPS) is 12.4. The summed E-state index contributed by atoms with van der Waals surface area (Å²) in [6.07, 6.45) is -1.93. The first-order valence-electron chi connectivity index (χ1n) is 3.55. The Morgan fingerprint density at radius 2 is 1.93 bits per heavy atom. The SMILES string of the molecule is O=C(O)C(O)c1cc(O)c(O)c(F)c1. The van der Waals surface area contributed by atoms with Crippen molar-refractivity contribution < 1.29 is 29.6 Å². The summed E-state index contributed by atoms with van der Waals surface area (Å²) >= 11 is 0. The van der Waals surface area contributed by atoms with Crippen molar-refractivity contribution in [3.63, 3.8) is 0 Å². The van der Waals surface area contributed by atoms with Gasteiger partial charge in [-0.1, -0.05) is 0 Å². The van der Waals surface area contributed by atoms with E-state index in [9.17, 15) is 9.18 Å². The number of carboxylic acids is 1. The molecule has 0 aromatic heterocycles. The molecule has 1 atom stereocenters. The van der Waals surface area contributed by atoms with E-state index in [4.69, 9.17) is 20.4 Å². The Morgan fingerprint density at radius 3 is 2.36 bits per heavy atom. The highest BCUT2D eigenvalue weighted by molar-refractivity contribution is 5.74. The van der Waals surface area contributed by atoms with Gasteiger partial charge in [-0.25, -0.2) is 9.18 Å². The Hall–Kier alpha value is -1.82. The van der Waals surface area contributed by atoms with Crippen LogP contribution >= 0.6 is 0 Å². The first-order chi connectivity index (χ1) is 6.43. The maximum absolute atomic E-state index is 12.7. The number of carboxylic acid groups (broad SMARTS) is 1. The predicted octanol–water partition coefficient (Wildman–Crippen LogP) is 0.355. The van der Waals surface area contributed by atoms with E-state index in [0.717, 1.165) is 6.07 Å². The molecular weight excluding hydrogens is 195 g/mol. The Labute approximate surface area is 77.7 Å². The smallest absolute Gasteiger partial charge is 0.337 e. The van der Waals surface area contributed by atoms with Crippen LogP contribution in [-0.2, 0) is 4.79 Å². The average molecular weight is 202 g/mol. The number of carbonyl (C=O) groups is 1. The van der Waals surface area contributed by atoms with Crippen molar-refractivity contribution >= 4 is 5.97 Å². The molecule has 0 aliphatic carbocycles. The average Bonchev–Trinajstić information content (AvgIpc) is 2.12. The molecule has 0 fully saturated rings. The number of benzene rings is 1. The van der Waals surface area contributed by atoms with Crippen molar-refractivity contribution in [2.24, 2.45) is 0 Å². The molecule has 5 nitrogen and oxygen atoms in total. The fourth-order valence-electron chi connectivity index (χ4n) is 0.905. The summed E-state index contributed by atoms with van der Waals surface area (Å²) in [6, 6.07) is 1.41. The quantitative estimate of drug-likeness (QED) is 0.519. The molecule has 0 heterocycles. The van der Waals surface area contributed by atoms with Gasteiger partial charge in [0.2, 0.25) is 0 Å². The number of aromatic hydroxyl groups is 2. The maximum atomic E-state index is 12.7. The minimum atomic E-state index is -1.93. The topological polar surface area (TPSA) is 98.0 Å². The number of aliphatic hydroxyl groups is 1. The molecular formula is C8H7FO5. The summed E-state index contributed by atoms with van der Waals surface area (Å²) in [5.74, 6) is -4.57. The fourth-order valence-corrected chi connectivity index (χ4v) is 0.905. The van der Waals surface area contributed by atoms with Crippen molar-refractivity contribution in [3.05, 3.63) is 23.5 Å². The van der Waals surface area contributed by atoms with Crippen molar-refractivity contribution in [1.82, 2.24) is 0 Å². The molecule has 6 heteroatoms. The van der Waals surface area contributed by atoms with Crippen LogP contribution in [0.3, 0.4) is 0 Å². The minimum absolute atomic E-state index is 0.342. The number of hydrogen-bond acceptors (Lipinski definition) is 4. The Bertz CT molecular complexity index is 353. The van der Waals surface area contributed by atoms with E-state index in [1.54, 1.807) is 0 Å². The van der Waals surface area contributed by atoms with Gasteiger partial charge in [-0.05, 0) is 17.7 Å². The number of aliphatic hydroxyl groups excluding tert-OH is 1. The van der Waals surface area contributed by atoms with Gasteiger partial charge >= 0.3 is 5.97 Å². The second kappa shape index (κ2) is 3.51. The van der Waals surface area contributed by atoms with Crippen molar-refractivity contribution in [2.75, 3.05) is 0 Å². The zero-order valence-electron chi connectivity index (χ0n) is 6.81. The molecule has 0 spiro atoms. The van der Waals surface area contributed by atoms with Crippen LogP contribution in [-0.4, -0.2) is 26.4 Å². The zero-order chi connectivity index (χ0) is 10.9. The third-order valence-electron chi connectivity index (χ3n) is 1.62. The molecule has 0 amide bonds.